The summed E-state index contributed by atoms with van der Waals surface area (Å²) in [6.45, 7) is 9.21. The van der Waals surface area contributed by atoms with Crippen molar-refractivity contribution in [2.24, 2.45) is 28.0 Å². The number of nitrogens with zero attached hydrogens (tertiary/aromatic N) is 2. The van der Waals surface area contributed by atoms with Crippen molar-refractivity contribution >= 4 is 50.5 Å². The van der Waals surface area contributed by atoms with Gasteiger partial charge >= 0.3 is 5.97 Å². The molecule has 5 aromatic carbocycles. The van der Waals surface area contributed by atoms with Crippen LogP contribution in [0.1, 0.15) is 74.1 Å². The van der Waals surface area contributed by atoms with Crippen molar-refractivity contribution in [1.29, 1.82) is 0 Å². The highest BCUT2D eigenvalue weighted by Crippen LogP contribution is 2.38. The Morgan fingerprint density at radius 1 is 0.745 bits per heavy atom. The molecule has 1 amide bonds. The number of hydrogen-bond donors (Lipinski definition) is 2. The van der Waals surface area contributed by atoms with Gasteiger partial charge in [-0.2, -0.15) is 0 Å². The van der Waals surface area contributed by atoms with E-state index in [0.717, 1.165) is 36.5 Å². The number of phenols is 1. The lowest BCUT2D eigenvalue weighted by molar-refractivity contribution is 0.0380. The van der Waals surface area contributed by atoms with E-state index < -0.39 is 11.9 Å². The number of nitrogens with one attached hydrogen (secondary N) is 1. The number of rotatable bonds is 13. The van der Waals surface area contributed by atoms with Gasteiger partial charge in [0, 0.05) is 21.8 Å². The first-order valence-corrected chi connectivity index (χ1v) is 16.5. The van der Waals surface area contributed by atoms with Crippen LogP contribution in [0.5, 0.6) is 5.75 Å². The van der Waals surface area contributed by atoms with E-state index in [1.807, 2.05) is 54.6 Å². The van der Waals surface area contributed by atoms with Crippen LogP contribution in [0.4, 0.5) is 17.1 Å². The second kappa shape index (κ2) is 15.5. The van der Waals surface area contributed by atoms with Gasteiger partial charge in [-0.25, -0.2) is 4.79 Å². The molecule has 242 valence electrons. The molecule has 0 saturated heterocycles. The smallest absolute Gasteiger partial charge is 0.340 e. The second-order valence-corrected chi connectivity index (χ2v) is 12.4. The first-order chi connectivity index (χ1) is 22.8. The molecule has 5 aromatic rings. The quantitative estimate of drug-likeness (QED) is 0.0999. The maximum Gasteiger partial charge on any atom is 0.340 e. The number of ether oxygens (including phenoxy) is 1. The van der Waals surface area contributed by atoms with Gasteiger partial charge in [-0.15, -0.1) is 10.2 Å². The molecule has 2 N–H and O–H groups in total. The maximum atomic E-state index is 13.6. The number of fused-ring (bicyclic) bond motifs is 2. The Morgan fingerprint density at radius 2 is 1.40 bits per heavy atom. The van der Waals surface area contributed by atoms with Gasteiger partial charge in [0.15, 0.2) is 0 Å². The molecule has 47 heavy (non-hydrogen) atoms. The molecule has 0 aliphatic carbocycles. The largest absolute Gasteiger partial charge is 0.506 e. The fraction of sp³-hybridized carbons (Fsp3) is 0.300. The number of carbonyl (C=O) groups is 2. The zero-order valence-electron chi connectivity index (χ0n) is 27.6. The Labute approximate surface area is 276 Å². The van der Waals surface area contributed by atoms with Crippen molar-refractivity contribution in [3.05, 3.63) is 108 Å². The van der Waals surface area contributed by atoms with E-state index in [4.69, 9.17) is 4.74 Å². The van der Waals surface area contributed by atoms with E-state index in [1.165, 1.54) is 6.07 Å². The molecule has 5 rings (SSSR count). The van der Waals surface area contributed by atoms with Gasteiger partial charge in [0.05, 0.1) is 23.4 Å². The van der Waals surface area contributed by atoms with Crippen LogP contribution in [-0.2, 0) is 4.74 Å². The number of anilines is 1. The summed E-state index contributed by atoms with van der Waals surface area (Å²) >= 11 is 0. The van der Waals surface area contributed by atoms with Crippen molar-refractivity contribution < 1.29 is 19.4 Å². The van der Waals surface area contributed by atoms with Crippen LogP contribution in [0.2, 0.25) is 0 Å². The van der Waals surface area contributed by atoms with Gasteiger partial charge in [-0.3, -0.25) is 4.79 Å². The highest BCUT2D eigenvalue weighted by molar-refractivity contribution is 6.14. The van der Waals surface area contributed by atoms with Crippen LogP contribution in [0.15, 0.2) is 107 Å². The third-order valence-corrected chi connectivity index (χ3v) is 9.27. The zero-order chi connectivity index (χ0) is 33.3. The molecule has 7 nitrogen and oxygen atoms in total. The normalized spacial score (nSPS) is 13.4. The van der Waals surface area contributed by atoms with E-state index in [9.17, 15) is 14.7 Å². The molecule has 3 unspecified atom stereocenters. The fourth-order valence-corrected chi connectivity index (χ4v) is 5.79. The highest BCUT2D eigenvalue weighted by Gasteiger charge is 2.22. The van der Waals surface area contributed by atoms with Gasteiger partial charge in [0.25, 0.3) is 5.91 Å². The van der Waals surface area contributed by atoms with Crippen LogP contribution in [-0.4, -0.2) is 23.6 Å². The summed E-state index contributed by atoms with van der Waals surface area (Å²) in [4.78, 5) is 26.9. The number of hydrogen-bond acceptors (Lipinski definition) is 6. The van der Waals surface area contributed by atoms with E-state index in [-0.39, 0.29) is 17.2 Å². The van der Waals surface area contributed by atoms with Crippen molar-refractivity contribution in [3.63, 3.8) is 0 Å². The van der Waals surface area contributed by atoms with E-state index >= 15 is 0 Å². The summed E-state index contributed by atoms with van der Waals surface area (Å²) in [5.41, 5.74) is 1.75. The Morgan fingerprint density at radius 3 is 2.17 bits per heavy atom. The average molecular weight is 630 g/mol. The van der Waals surface area contributed by atoms with Crippen molar-refractivity contribution in [2.45, 2.75) is 53.4 Å². The third kappa shape index (κ3) is 7.86. The highest BCUT2D eigenvalue weighted by atomic mass is 16.5. The Balaban J connectivity index is 1.41. The maximum absolute atomic E-state index is 13.6. The first kappa shape index (κ1) is 33.3. The van der Waals surface area contributed by atoms with Gasteiger partial charge in [-0.05, 0) is 53.8 Å². The number of carbonyl (C=O) groups excluding carboxylic acids is 2. The Bertz CT molecular complexity index is 1890. The third-order valence-electron chi connectivity index (χ3n) is 9.27. The Hall–Kier alpha value is -5.04. The van der Waals surface area contributed by atoms with Crippen LogP contribution in [0.25, 0.3) is 21.5 Å². The summed E-state index contributed by atoms with van der Waals surface area (Å²) in [5, 5.41) is 26.1. The minimum Gasteiger partial charge on any atom is -0.506 e. The Kier molecular flexibility index (Phi) is 11.0. The van der Waals surface area contributed by atoms with Crippen LogP contribution in [0.3, 0.4) is 0 Å². The van der Waals surface area contributed by atoms with Gasteiger partial charge in [0.2, 0.25) is 0 Å². The second-order valence-electron chi connectivity index (χ2n) is 12.4. The number of amides is 1. The van der Waals surface area contributed by atoms with E-state index in [0.29, 0.717) is 51.8 Å². The topological polar surface area (TPSA) is 100 Å². The van der Waals surface area contributed by atoms with E-state index in [2.05, 4.69) is 43.2 Å². The van der Waals surface area contributed by atoms with Crippen molar-refractivity contribution in [1.82, 2.24) is 0 Å². The lowest BCUT2D eigenvalue weighted by atomic mass is 9.86. The molecule has 0 aromatic heterocycles. The van der Waals surface area contributed by atoms with Gasteiger partial charge in [0.1, 0.15) is 11.4 Å². The van der Waals surface area contributed by atoms with Gasteiger partial charge < -0.3 is 15.2 Å². The van der Waals surface area contributed by atoms with Crippen LogP contribution >= 0.6 is 0 Å². The molecule has 0 aliphatic rings. The first-order valence-electron chi connectivity index (χ1n) is 16.5. The standard InChI is InChI=1S/C40H43N3O4/c1-5-26(3)22-23-29(27(4)6-2)25-47-40(46)33-19-11-12-20-36(33)42-43-37-24-34(38(44)32-18-10-9-17-31(32)37)39(45)41-35-21-13-15-28-14-7-8-16-30(28)35/h7-21,24,26-27,29,44H,5-6,22-23,25H2,1-4H3,(H,41,45). The summed E-state index contributed by atoms with van der Waals surface area (Å²) in [6.07, 6.45) is 4.29. The molecule has 0 radical (unpaired) electrons. The molecule has 3 atom stereocenters. The summed E-state index contributed by atoms with van der Waals surface area (Å²) in [5.74, 6) is 0.297. The fourth-order valence-electron chi connectivity index (χ4n) is 5.79. The molecule has 7 heteroatoms. The van der Waals surface area contributed by atoms with Crippen LogP contribution < -0.4 is 5.32 Å². The monoisotopic (exact) mass is 629 g/mol. The minimum atomic E-state index is -0.478. The summed E-state index contributed by atoms with van der Waals surface area (Å²) in [6, 6.07) is 29.1. The minimum absolute atomic E-state index is 0.0618. The number of azo groups is 1. The average Bonchev–Trinajstić information content (AvgIpc) is 3.11. The molecule has 0 spiro atoms. The zero-order valence-corrected chi connectivity index (χ0v) is 27.6. The van der Waals surface area contributed by atoms with Gasteiger partial charge in [-0.1, -0.05) is 120 Å². The molecule has 0 bridgehead atoms. The molecule has 0 saturated carbocycles. The predicted molar refractivity (Wildman–Crippen MR) is 190 cm³/mol. The molecule has 0 aliphatic heterocycles. The SMILES string of the molecule is CCC(C)CCC(COC(=O)c1ccccc1N=Nc1cc(C(=O)Nc2cccc3ccccc23)c(O)c2ccccc12)C(C)CC. The van der Waals surface area contributed by atoms with Crippen molar-refractivity contribution in [2.75, 3.05) is 11.9 Å². The summed E-state index contributed by atoms with van der Waals surface area (Å²) in [7, 11) is 0. The van der Waals surface area contributed by atoms with E-state index in [1.54, 1.807) is 36.4 Å². The molecular formula is C40H43N3O4. The predicted octanol–water partition coefficient (Wildman–Crippen LogP) is 11.0. The molecule has 0 fully saturated rings. The number of aromatic hydroxyl groups is 1. The van der Waals surface area contributed by atoms with Crippen LogP contribution in [0, 0.1) is 17.8 Å². The molecule has 0 heterocycles. The molecular weight excluding hydrogens is 586 g/mol. The number of esters is 1. The number of phenolic OH excluding ortho intramolecular Hbond substituents is 1. The lowest BCUT2D eigenvalue weighted by Crippen LogP contribution is -2.21. The van der Waals surface area contributed by atoms with Crippen molar-refractivity contribution in [3.8, 4) is 5.75 Å². The lowest BCUT2D eigenvalue weighted by Gasteiger charge is -2.24. The summed E-state index contributed by atoms with van der Waals surface area (Å²) < 4.78 is 5.87. The number of benzene rings is 5.